The number of hydrogen-bond donors (Lipinski definition) is 2. The topological polar surface area (TPSA) is 55.1 Å². The molecule has 0 aromatic carbocycles. The van der Waals surface area contributed by atoms with Crippen LogP contribution in [0.4, 0.5) is 0 Å². The Morgan fingerprint density at radius 1 is 1.64 bits per heavy atom. The Kier molecular flexibility index (Phi) is 3.53. The lowest BCUT2D eigenvalue weighted by atomic mass is 10.1. The molecule has 0 aromatic heterocycles. The molecule has 0 saturated heterocycles. The largest absolute Gasteiger partial charge is 0.353 e. The van der Waals surface area contributed by atoms with Gasteiger partial charge in [0.25, 0.3) is 0 Å². The minimum atomic E-state index is 0.218. The zero-order valence-electron chi connectivity index (χ0n) is 9.47. The maximum Gasteiger partial charge on any atom is 0.223 e. The highest BCUT2D eigenvalue weighted by atomic mass is 16.2. The van der Waals surface area contributed by atoms with Crippen LogP contribution in [0.5, 0.6) is 0 Å². The highest BCUT2D eigenvalue weighted by Gasteiger charge is 2.50. The van der Waals surface area contributed by atoms with Crippen LogP contribution in [0.15, 0.2) is 0 Å². The van der Waals surface area contributed by atoms with Gasteiger partial charge in [0.2, 0.25) is 5.91 Å². The summed E-state index contributed by atoms with van der Waals surface area (Å²) in [5.74, 6) is 0.449. The molecule has 1 fully saturated rings. The number of amides is 1. The number of hydrogen-bond acceptors (Lipinski definition) is 2. The summed E-state index contributed by atoms with van der Waals surface area (Å²) >= 11 is 0. The third-order valence-electron chi connectivity index (χ3n) is 3.18. The van der Waals surface area contributed by atoms with E-state index in [2.05, 4.69) is 26.1 Å². The quantitative estimate of drug-likeness (QED) is 0.699. The second-order valence-corrected chi connectivity index (χ2v) is 4.94. The fraction of sp³-hybridized carbons (Fsp3) is 0.909. The average molecular weight is 198 g/mol. The summed E-state index contributed by atoms with van der Waals surface area (Å²) in [6.45, 7) is 7.01. The zero-order chi connectivity index (χ0) is 10.8. The van der Waals surface area contributed by atoms with Crippen LogP contribution < -0.4 is 11.1 Å². The molecule has 2 atom stereocenters. The Morgan fingerprint density at radius 2 is 2.21 bits per heavy atom. The van der Waals surface area contributed by atoms with E-state index in [4.69, 9.17) is 5.73 Å². The fourth-order valence-electron chi connectivity index (χ4n) is 1.80. The molecule has 1 saturated carbocycles. The maximum atomic E-state index is 11.7. The van der Waals surface area contributed by atoms with Gasteiger partial charge in [-0.3, -0.25) is 4.79 Å². The van der Waals surface area contributed by atoms with Gasteiger partial charge in [-0.1, -0.05) is 20.8 Å². The van der Waals surface area contributed by atoms with Crippen LogP contribution in [0.1, 0.15) is 40.0 Å². The molecular formula is C11H22N2O. The van der Waals surface area contributed by atoms with E-state index >= 15 is 0 Å². The smallest absolute Gasteiger partial charge is 0.223 e. The summed E-state index contributed by atoms with van der Waals surface area (Å²) in [6, 6.07) is 0.267. The molecule has 0 aromatic rings. The van der Waals surface area contributed by atoms with Gasteiger partial charge in [0.05, 0.1) is 0 Å². The van der Waals surface area contributed by atoms with Gasteiger partial charge in [-0.15, -0.1) is 0 Å². The van der Waals surface area contributed by atoms with Crippen LogP contribution in [-0.4, -0.2) is 18.5 Å². The summed E-state index contributed by atoms with van der Waals surface area (Å²) < 4.78 is 0. The molecule has 1 rings (SSSR count). The summed E-state index contributed by atoms with van der Waals surface area (Å²) in [5.41, 5.74) is 5.70. The van der Waals surface area contributed by atoms with Crippen molar-refractivity contribution in [1.82, 2.24) is 5.32 Å². The molecule has 0 radical (unpaired) electrons. The first-order valence-corrected chi connectivity index (χ1v) is 5.51. The predicted octanol–water partition coefficient (Wildman–Crippen LogP) is 1.28. The summed E-state index contributed by atoms with van der Waals surface area (Å²) in [6.07, 6.45) is 2.88. The van der Waals surface area contributed by atoms with Crippen LogP contribution in [-0.2, 0) is 4.79 Å². The summed E-state index contributed by atoms with van der Waals surface area (Å²) in [4.78, 5) is 11.7. The molecule has 3 N–H and O–H groups in total. The van der Waals surface area contributed by atoms with Crippen LogP contribution in [0, 0.1) is 11.3 Å². The number of carbonyl (C=O) groups excluding carboxylic acids is 1. The van der Waals surface area contributed by atoms with Crippen molar-refractivity contribution in [2.24, 2.45) is 17.1 Å². The molecule has 2 unspecified atom stereocenters. The molecule has 3 heteroatoms. The Balaban J connectivity index is 2.33. The molecule has 0 aliphatic heterocycles. The summed E-state index contributed by atoms with van der Waals surface area (Å²) in [7, 11) is 0. The summed E-state index contributed by atoms with van der Waals surface area (Å²) in [5, 5.41) is 3.07. The highest BCUT2D eigenvalue weighted by Crippen LogP contribution is 2.51. The van der Waals surface area contributed by atoms with E-state index in [0.717, 1.165) is 19.3 Å². The van der Waals surface area contributed by atoms with Gasteiger partial charge in [0.15, 0.2) is 0 Å². The Morgan fingerprint density at radius 3 is 2.57 bits per heavy atom. The first-order valence-electron chi connectivity index (χ1n) is 5.51. The molecule has 1 aliphatic rings. The molecule has 14 heavy (non-hydrogen) atoms. The first kappa shape index (κ1) is 11.5. The van der Waals surface area contributed by atoms with Crippen molar-refractivity contribution in [2.45, 2.75) is 46.1 Å². The highest BCUT2D eigenvalue weighted by molar-refractivity contribution is 5.82. The van der Waals surface area contributed by atoms with E-state index in [0.29, 0.717) is 6.54 Å². The minimum Gasteiger partial charge on any atom is -0.353 e. The van der Waals surface area contributed by atoms with Gasteiger partial charge in [-0.2, -0.15) is 0 Å². The van der Waals surface area contributed by atoms with E-state index < -0.39 is 0 Å². The maximum absolute atomic E-state index is 11.7. The zero-order valence-corrected chi connectivity index (χ0v) is 9.47. The average Bonchev–Trinajstić information content (AvgIpc) is 2.74. The van der Waals surface area contributed by atoms with Crippen molar-refractivity contribution in [3.63, 3.8) is 0 Å². The SMILES string of the molecule is CCC(CCN)NC(=O)C1CC1(C)C. The lowest BCUT2D eigenvalue weighted by molar-refractivity contribution is -0.123. The lowest BCUT2D eigenvalue weighted by Gasteiger charge is -2.16. The number of nitrogens with two attached hydrogens (primary N) is 1. The molecule has 0 heterocycles. The van der Waals surface area contributed by atoms with Gasteiger partial charge in [-0.05, 0) is 31.2 Å². The Hall–Kier alpha value is -0.570. The third kappa shape index (κ3) is 2.71. The van der Waals surface area contributed by atoms with Crippen molar-refractivity contribution in [1.29, 1.82) is 0 Å². The minimum absolute atomic E-state index is 0.218. The molecule has 0 spiro atoms. The van der Waals surface area contributed by atoms with Crippen molar-refractivity contribution < 1.29 is 4.79 Å². The Labute approximate surface area is 86.4 Å². The van der Waals surface area contributed by atoms with Crippen molar-refractivity contribution in [3.8, 4) is 0 Å². The normalized spacial score (nSPS) is 25.6. The van der Waals surface area contributed by atoms with Gasteiger partial charge < -0.3 is 11.1 Å². The van der Waals surface area contributed by atoms with E-state index in [1.807, 2.05) is 0 Å². The fourth-order valence-corrected chi connectivity index (χ4v) is 1.80. The van der Waals surface area contributed by atoms with E-state index in [9.17, 15) is 4.79 Å². The molecule has 1 amide bonds. The van der Waals surface area contributed by atoms with Crippen LogP contribution in [0.25, 0.3) is 0 Å². The van der Waals surface area contributed by atoms with Gasteiger partial charge in [0, 0.05) is 12.0 Å². The number of carbonyl (C=O) groups is 1. The van der Waals surface area contributed by atoms with Gasteiger partial charge in [0.1, 0.15) is 0 Å². The molecular weight excluding hydrogens is 176 g/mol. The van der Waals surface area contributed by atoms with Crippen LogP contribution in [0.2, 0.25) is 0 Å². The van der Waals surface area contributed by atoms with Crippen molar-refractivity contribution in [3.05, 3.63) is 0 Å². The molecule has 0 bridgehead atoms. The van der Waals surface area contributed by atoms with Crippen molar-refractivity contribution in [2.75, 3.05) is 6.54 Å². The first-order chi connectivity index (χ1) is 6.51. The third-order valence-corrected chi connectivity index (χ3v) is 3.18. The predicted molar refractivity (Wildman–Crippen MR) is 57.8 cm³/mol. The van der Waals surface area contributed by atoms with E-state index in [1.165, 1.54) is 0 Å². The number of nitrogens with one attached hydrogen (secondary N) is 1. The lowest BCUT2D eigenvalue weighted by Crippen LogP contribution is -2.37. The molecule has 82 valence electrons. The van der Waals surface area contributed by atoms with E-state index in [1.54, 1.807) is 0 Å². The molecule has 1 aliphatic carbocycles. The van der Waals surface area contributed by atoms with Crippen molar-refractivity contribution >= 4 is 5.91 Å². The van der Waals surface area contributed by atoms with Crippen LogP contribution >= 0.6 is 0 Å². The van der Waals surface area contributed by atoms with Gasteiger partial charge in [-0.25, -0.2) is 0 Å². The van der Waals surface area contributed by atoms with Gasteiger partial charge >= 0.3 is 0 Å². The standard InChI is InChI=1S/C11H22N2O/c1-4-8(5-6-12)13-10(14)9-7-11(9,2)3/h8-9H,4-7,12H2,1-3H3,(H,13,14). The second kappa shape index (κ2) is 4.30. The second-order valence-electron chi connectivity index (χ2n) is 4.94. The Bertz CT molecular complexity index is 213. The van der Waals surface area contributed by atoms with Crippen LogP contribution in [0.3, 0.4) is 0 Å². The monoisotopic (exact) mass is 198 g/mol. The molecule has 3 nitrogen and oxygen atoms in total. The van der Waals surface area contributed by atoms with E-state index in [-0.39, 0.29) is 23.3 Å². The number of rotatable bonds is 5.